The zero-order valence-corrected chi connectivity index (χ0v) is 16.0. The summed E-state index contributed by atoms with van der Waals surface area (Å²) < 4.78 is 0.974. The number of carbonyl (C=O) groups excluding carboxylic acids is 1. The third kappa shape index (κ3) is 4.19. The maximum absolute atomic E-state index is 12.8. The van der Waals surface area contributed by atoms with Crippen molar-refractivity contribution < 1.29 is 4.79 Å². The molecule has 0 amide bonds. The Labute approximate surface area is 146 Å². The van der Waals surface area contributed by atoms with Gasteiger partial charge in [0.05, 0.1) is 0 Å². The Kier molecular flexibility index (Phi) is 5.23. The van der Waals surface area contributed by atoms with Crippen LogP contribution in [0.1, 0.15) is 34.6 Å². The Morgan fingerprint density at radius 1 is 1.13 bits per heavy atom. The molecule has 0 aromatic heterocycles. The Morgan fingerprint density at radius 2 is 1.78 bits per heavy atom. The van der Waals surface area contributed by atoms with Crippen LogP contribution in [0.15, 0.2) is 63.7 Å². The van der Waals surface area contributed by atoms with E-state index in [2.05, 4.69) is 55.6 Å². The summed E-state index contributed by atoms with van der Waals surface area (Å²) in [6, 6.07) is 7.79. The second-order valence-corrected chi connectivity index (χ2v) is 7.84. The fraction of sp³-hybridized carbons (Fsp3) is 0.300. The summed E-state index contributed by atoms with van der Waals surface area (Å²) in [6.07, 6.45) is 5.62. The van der Waals surface area contributed by atoms with Gasteiger partial charge >= 0.3 is 147 Å². The minimum atomic E-state index is -0.193. The molecule has 1 aromatic rings. The molecule has 0 aliphatic heterocycles. The molecule has 120 valence electrons. The molecule has 0 spiro atoms. The molecule has 3 heteroatoms. The second-order valence-electron chi connectivity index (χ2n) is 6.92. The van der Waals surface area contributed by atoms with Crippen LogP contribution in [0.2, 0.25) is 0 Å². The number of Topliss-reactive ketones (excluding diaryl/α,β-unsaturated/α-hetero) is 1. The van der Waals surface area contributed by atoms with Gasteiger partial charge in [0.2, 0.25) is 0 Å². The van der Waals surface area contributed by atoms with Crippen molar-refractivity contribution >= 4 is 38.2 Å². The first-order valence-corrected chi connectivity index (χ1v) is 8.52. The van der Waals surface area contributed by atoms with Gasteiger partial charge in [0, 0.05) is 0 Å². The molecule has 0 unspecified atom stereocenters. The van der Waals surface area contributed by atoms with E-state index in [0.717, 1.165) is 21.3 Å². The molecule has 0 saturated heterocycles. The Balaban J connectivity index is 2.44. The molecule has 2 nitrogen and oxygen atoms in total. The van der Waals surface area contributed by atoms with Gasteiger partial charge in [-0.2, -0.15) is 0 Å². The van der Waals surface area contributed by atoms with E-state index in [1.54, 1.807) is 6.21 Å². The van der Waals surface area contributed by atoms with Gasteiger partial charge in [0.1, 0.15) is 0 Å². The van der Waals surface area contributed by atoms with Crippen LogP contribution in [0.5, 0.6) is 0 Å². The first-order chi connectivity index (χ1) is 10.7. The zero-order chi connectivity index (χ0) is 17.2. The molecule has 1 aromatic carbocycles. The van der Waals surface area contributed by atoms with Crippen molar-refractivity contribution in [2.24, 2.45) is 10.4 Å². The van der Waals surface area contributed by atoms with Gasteiger partial charge in [0.15, 0.2) is 0 Å². The Hall–Kier alpha value is -1.70. The van der Waals surface area contributed by atoms with Crippen LogP contribution in [0, 0.1) is 5.41 Å². The molecule has 0 fully saturated rings. The van der Waals surface area contributed by atoms with E-state index in [0.29, 0.717) is 5.57 Å². The van der Waals surface area contributed by atoms with Crippen LogP contribution >= 0.6 is 0 Å². The molecule has 0 radical (unpaired) electrons. The summed E-state index contributed by atoms with van der Waals surface area (Å²) in [5.41, 5.74) is 4.39. The predicted molar refractivity (Wildman–Crippen MR) is 99.0 cm³/mol. The third-order valence-electron chi connectivity index (χ3n) is 3.71. The van der Waals surface area contributed by atoms with Crippen molar-refractivity contribution in [2.75, 3.05) is 0 Å². The number of aliphatic imine (C=N–C) groups is 1. The summed E-state index contributed by atoms with van der Waals surface area (Å²) in [5.74, 6) is 0.0591. The summed E-state index contributed by atoms with van der Waals surface area (Å²) in [5, 5.41) is 0. The van der Waals surface area contributed by atoms with Gasteiger partial charge in [-0.3, -0.25) is 0 Å². The Morgan fingerprint density at radius 3 is 2.35 bits per heavy atom. The number of ketones is 1. The van der Waals surface area contributed by atoms with Gasteiger partial charge < -0.3 is 0 Å². The summed E-state index contributed by atoms with van der Waals surface area (Å²) in [7, 11) is 0. The number of rotatable bonds is 2. The van der Waals surface area contributed by atoms with Crippen LogP contribution < -0.4 is 4.46 Å². The van der Waals surface area contributed by atoms with E-state index in [9.17, 15) is 4.79 Å². The summed E-state index contributed by atoms with van der Waals surface area (Å²) in [4.78, 5) is 17.3. The molecule has 2 rings (SSSR count). The van der Waals surface area contributed by atoms with E-state index in [1.807, 2.05) is 36.4 Å². The molecule has 23 heavy (non-hydrogen) atoms. The van der Waals surface area contributed by atoms with Gasteiger partial charge in [-0.25, -0.2) is 0 Å². The number of para-hydroxylation sites is 1. The van der Waals surface area contributed by atoms with E-state index in [1.165, 1.54) is 5.57 Å². The van der Waals surface area contributed by atoms with Crippen molar-refractivity contribution in [3.63, 3.8) is 0 Å². The van der Waals surface area contributed by atoms with E-state index in [-0.39, 0.29) is 11.2 Å². The topological polar surface area (TPSA) is 29.4 Å². The number of allylic oxidation sites excluding steroid dienone is 6. The fourth-order valence-corrected chi connectivity index (χ4v) is 2.71. The fourth-order valence-electron chi connectivity index (χ4n) is 2.30. The van der Waals surface area contributed by atoms with Crippen LogP contribution in [0.25, 0.3) is 0 Å². The van der Waals surface area contributed by atoms with Crippen LogP contribution in [0.4, 0.5) is 5.69 Å². The first kappa shape index (κ1) is 17.7. The van der Waals surface area contributed by atoms with Gasteiger partial charge in [-0.1, -0.05) is 0 Å². The number of benzene rings is 1. The monoisotopic (exact) mass is 372 g/mol. The van der Waals surface area contributed by atoms with Gasteiger partial charge in [0.25, 0.3) is 0 Å². The molecular formula is C20H22NOSe-. The first-order valence-electron chi connectivity index (χ1n) is 7.66. The van der Waals surface area contributed by atoms with E-state index in [4.69, 9.17) is 0 Å². The predicted octanol–water partition coefficient (Wildman–Crippen LogP) is 4.00. The Bertz CT molecular complexity index is 754. The normalized spacial score (nSPS) is 15.7. The van der Waals surface area contributed by atoms with Crippen molar-refractivity contribution in [3.8, 4) is 0 Å². The molecule has 1 aliphatic carbocycles. The third-order valence-corrected chi connectivity index (χ3v) is 4.44. The molecule has 1 aliphatic rings. The average Bonchev–Trinajstić information content (AvgIpc) is 2.46. The van der Waals surface area contributed by atoms with Crippen molar-refractivity contribution in [1.29, 1.82) is 0 Å². The number of carbonyl (C=O) groups is 1. The van der Waals surface area contributed by atoms with Crippen molar-refractivity contribution in [3.05, 3.63) is 58.7 Å². The van der Waals surface area contributed by atoms with Crippen LogP contribution in [0.3, 0.4) is 0 Å². The number of nitrogens with zero attached hydrogens (tertiary/aromatic N) is 1. The molecule has 0 atom stereocenters. The summed E-state index contributed by atoms with van der Waals surface area (Å²) in [6.45, 7) is 10.3. The van der Waals surface area contributed by atoms with Gasteiger partial charge in [-0.05, 0) is 0 Å². The standard InChI is InChI=1S/C20H23NOSe/c1-13(2)14-10-15(19(22)16(11-14)20(3,4)5)12-21-17-8-6-7-9-18(17)23/h6-12,23H,1-5H3/p-1. The van der Waals surface area contributed by atoms with Crippen molar-refractivity contribution in [1.82, 2.24) is 0 Å². The molecule has 0 bridgehead atoms. The summed E-state index contributed by atoms with van der Waals surface area (Å²) >= 11 is 2.99. The van der Waals surface area contributed by atoms with Crippen LogP contribution in [-0.2, 0) is 4.79 Å². The van der Waals surface area contributed by atoms with Gasteiger partial charge in [-0.15, -0.1) is 0 Å². The molecule has 0 saturated carbocycles. The van der Waals surface area contributed by atoms with E-state index >= 15 is 0 Å². The van der Waals surface area contributed by atoms with Crippen molar-refractivity contribution in [2.45, 2.75) is 34.6 Å². The minimum absolute atomic E-state index is 0.0591. The molecular weight excluding hydrogens is 349 g/mol. The zero-order valence-electron chi connectivity index (χ0n) is 14.3. The molecule has 0 N–H and O–H groups in total. The number of hydrogen-bond donors (Lipinski definition) is 0. The molecule has 0 heterocycles. The second kappa shape index (κ2) is 6.82. The SMILES string of the molecule is CC(C)=C1C=C(C=Nc2ccccc2[Se-])C(=O)C(C(C)(C)C)=C1. The maximum atomic E-state index is 12.8. The quantitative estimate of drug-likeness (QED) is 0.571. The average molecular weight is 371 g/mol. The van der Waals surface area contributed by atoms with Crippen LogP contribution in [-0.4, -0.2) is 28.0 Å². The van der Waals surface area contributed by atoms with E-state index < -0.39 is 0 Å². The number of hydrogen-bond acceptors (Lipinski definition) is 2.